The molecule has 0 aromatic carbocycles. The molecule has 1 heterocycles. The minimum absolute atomic E-state index is 0.000990. The van der Waals surface area contributed by atoms with E-state index >= 15 is 0 Å². The van der Waals surface area contributed by atoms with Gasteiger partial charge in [0.05, 0.1) is 24.5 Å². The molecule has 5 aliphatic carbocycles. The zero-order valence-corrected chi connectivity index (χ0v) is 33.9. The van der Waals surface area contributed by atoms with Crippen LogP contribution in [-0.2, 0) is 19.1 Å². The lowest BCUT2D eigenvalue weighted by molar-refractivity contribution is -0.235. The number of nitrogens with zero attached hydrogens (tertiary/aromatic N) is 2. The molecule has 6 aliphatic rings. The maximum absolute atomic E-state index is 14.1. The second kappa shape index (κ2) is 13.7. The fourth-order valence-electron chi connectivity index (χ4n) is 13.7. The second-order valence-electron chi connectivity index (χ2n) is 20.4. The molecule has 5 fully saturated rings. The monoisotopic (exact) mass is 727 g/mol. The third-order valence-electron chi connectivity index (χ3n) is 16.8. The molecule has 0 spiro atoms. The molecule has 9 heteroatoms. The summed E-state index contributed by atoms with van der Waals surface area (Å²) in [6, 6.07) is 0. The quantitative estimate of drug-likeness (QED) is 0.221. The lowest BCUT2D eigenvalue weighted by Gasteiger charge is -2.72. The minimum atomic E-state index is -1.16. The maximum Gasteiger partial charge on any atom is 0.309 e. The van der Waals surface area contributed by atoms with Crippen molar-refractivity contribution in [3.63, 3.8) is 0 Å². The standard InChI is InChI=1S/C43H70N2O7/c1-27(2)35-29(47)24-43(32(48)26-45-20-18-44(19-21-45)22-23-46)17-16-41(8)28(36(35)43)10-11-31-40(7)14-13-33(52-34(49)25-38(3,4)37(50)51)39(5,6)30(40)12-15-42(31,41)9/h27-28,30-33,46,48H,10-26H2,1-9H3,(H,50,51). The van der Waals surface area contributed by atoms with Crippen LogP contribution in [0.3, 0.4) is 0 Å². The van der Waals surface area contributed by atoms with Gasteiger partial charge < -0.3 is 20.1 Å². The van der Waals surface area contributed by atoms with E-state index in [1.54, 1.807) is 13.8 Å². The Hall–Kier alpha value is -1.81. The van der Waals surface area contributed by atoms with Crippen LogP contribution in [0.1, 0.15) is 127 Å². The number of carboxylic acids is 1. The summed E-state index contributed by atoms with van der Waals surface area (Å²) in [4.78, 5) is 43.6. The van der Waals surface area contributed by atoms with Gasteiger partial charge in [0.2, 0.25) is 0 Å². The van der Waals surface area contributed by atoms with Crippen molar-refractivity contribution >= 4 is 17.7 Å². The van der Waals surface area contributed by atoms with Gasteiger partial charge in [0.25, 0.3) is 0 Å². The van der Waals surface area contributed by atoms with Crippen LogP contribution in [0.4, 0.5) is 0 Å². The van der Waals surface area contributed by atoms with Gasteiger partial charge >= 0.3 is 11.9 Å². The fraction of sp³-hybridized carbons (Fsp3) is 0.884. The molecule has 3 N–H and O–H groups in total. The number of aliphatic carboxylic acids is 1. The number of β-amino-alcohol motifs (C(OH)–C–C–N with tert-alkyl or cyclic N) is 2. The topological polar surface area (TPSA) is 128 Å². The Balaban J connectivity index is 1.26. The number of hydrogen-bond donors (Lipinski definition) is 3. The van der Waals surface area contributed by atoms with Crippen LogP contribution < -0.4 is 0 Å². The summed E-state index contributed by atoms with van der Waals surface area (Å²) in [5.41, 5.74) is 0.567. The third kappa shape index (κ3) is 6.14. The van der Waals surface area contributed by atoms with Crippen LogP contribution in [-0.4, -0.2) is 101 Å². The average Bonchev–Trinajstić information content (AvgIpc) is 3.37. The van der Waals surface area contributed by atoms with Crippen molar-refractivity contribution in [2.75, 3.05) is 45.9 Å². The van der Waals surface area contributed by atoms with Crippen molar-refractivity contribution in [3.8, 4) is 0 Å². The highest BCUT2D eigenvalue weighted by atomic mass is 16.5. The summed E-state index contributed by atoms with van der Waals surface area (Å²) in [6.45, 7) is 24.7. The third-order valence-corrected chi connectivity index (χ3v) is 16.8. The van der Waals surface area contributed by atoms with E-state index in [2.05, 4.69) is 58.3 Å². The predicted octanol–water partition coefficient (Wildman–Crippen LogP) is 6.35. The fourth-order valence-corrected chi connectivity index (χ4v) is 13.7. The van der Waals surface area contributed by atoms with Crippen LogP contribution >= 0.6 is 0 Å². The normalized spacial score (nSPS) is 40.1. The molecule has 4 saturated carbocycles. The molecule has 0 aromatic rings. The number of Topliss-reactive ketones (excluding diaryl/α,β-unsaturated/α-hetero) is 1. The van der Waals surface area contributed by atoms with Crippen LogP contribution in [0.15, 0.2) is 11.1 Å². The number of carboxylic acid groups (broad SMARTS) is 1. The van der Waals surface area contributed by atoms with Crippen molar-refractivity contribution < 1.29 is 34.4 Å². The first kappa shape index (κ1) is 39.9. The van der Waals surface area contributed by atoms with Crippen molar-refractivity contribution in [2.45, 2.75) is 139 Å². The molecular formula is C43H70N2O7. The number of ketones is 1. The summed E-state index contributed by atoms with van der Waals surface area (Å²) in [5.74, 6) is 0.111. The maximum atomic E-state index is 14.1. The van der Waals surface area contributed by atoms with Crippen molar-refractivity contribution in [1.82, 2.24) is 9.80 Å². The molecule has 9 atom stereocenters. The Morgan fingerprint density at radius 2 is 1.54 bits per heavy atom. The van der Waals surface area contributed by atoms with Gasteiger partial charge in [-0.2, -0.15) is 0 Å². The van der Waals surface area contributed by atoms with Gasteiger partial charge in [0.15, 0.2) is 5.78 Å². The summed E-state index contributed by atoms with van der Waals surface area (Å²) in [6.07, 6.45) is 7.38. The van der Waals surface area contributed by atoms with E-state index in [1.807, 2.05) is 0 Å². The molecule has 9 unspecified atom stereocenters. The molecule has 1 saturated heterocycles. The summed E-state index contributed by atoms with van der Waals surface area (Å²) >= 11 is 0. The van der Waals surface area contributed by atoms with Crippen molar-refractivity contribution in [3.05, 3.63) is 11.1 Å². The average molecular weight is 727 g/mol. The highest BCUT2D eigenvalue weighted by Crippen LogP contribution is 2.77. The highest BCUT2D eigenvalue weighted by molar-refractivity contribution is 6.00. The van der Waals surface area contributed by atoms with Gasteiger partial charge in [-0.05, 0) is 111 Å². The molecule has 6 rings (SSSR count). The molecule has 0 aromatic heterocycles. The lowest BCUT2D eigenvalue weighted by Crippen LogP contribution is -2.66. The number of aliphatic hydroxyl groups excluding tert-OH is 2. The number of allylic oxidation sites excluding steroid dienone is 1. The van der Waals surface area contributed by atoms with Gasteiger partial charge in [0.1, 0.15) is 6.10 Å². The van der Waals surface area contributed by atoms with E-state index < -0.39 is 28.9 Å². The van der Waals surface area contributed by atoms with Crippen molar-refractivity contribution in [2.24, 2.45) is 56.2 Å². The first-order chi connectivity index (χ1) is 24.2. The molecule has 294 valence electrons. The van der Waals surface area contributed by atoms with E-state index in [4.69, 9.17) is 4.74 Å². The number of aliphatic hydroxyl groups is 2. The van der Waals surface area contributed by atoms with E-state index in [-0.39, 0.29) is 58.4 Å². The van der Waals surface area contributed by atoms with E-state index in [0.29, 0.717) is 31.3 Å². The Kier molecular flexibility index (Phi) is 10.5. The zero-order valence-electron chi connectivity index (χ0n) is 33.9. The SMILES string of the molecule is CC(C)C1=C2C3CCC4C5(C)CCC(OC(=O)CC(C)(C)C(=O)O)C(C)(C)C5CCC4(C)C3(C)CCC2(C(O)CN2CCN(CCO)CC2)CC1=O. The number of carbonyl (C=O) groups excluding carboxylic acids is 2. The van der Waals surface area contributed by atoms with E-state index in [1.165, 1.54) is 5.57 Å². The van der Waals surface area contributed by atoms with Gasteiger partial charge in [0, 0.05) is 56.5 Å². The highest BCUT2D eigenvalue weighted by Gasteiger charge is 2.71. The molecule has 0 bridgehead atoms. The summed E-state index contributed by atoms with van der Waals surface area (Å²) < 4.78 is 6.17. The Labute approximate surface area is 313 Å². The predicted molar refractivity (Wildman–Crippen MR) is 201 cm³/mol. The Morgan fingerprint density at radius 3 is 2.15 bits per heavy atom. The molecule has 52 heavy (non-hydrogen) atoms. The summed E-state index contributed by atoms with van der Waals surface area (Å²) in [7, 11) is 0. The first-order valence-electron chi connectivity index (χ1n) is 20.6. The van der Waals surface area contributed by atoms with Gasteiger partial charge in [-0.25, -0.2) is 0 Å². The number of carbonyl (C=O) groups is 3. The minimum Gasteiger partial charge on any atom is -0.481 e. The number of esters is 1. The largest absolute Gasteiger partial charge is 0.481 e. The summed E-state index contributed by atoms with van der Waals surface area (Å²) in [5, 5.41) is 31.4. The van der Waals surface area contributed by atoms with Gasteiger partial charge in [-0.3, -0.25) is 24.2 Å². The van der Waals surface area contributed by atoms with Crippen LogP contribution in [0.5, 0.6) is 0 Å². The molecule has 1 aliphatic heterocycles. The Morgan fingerprint density at radius 1 is 0.885 bits per heavy atom. The smallest absolute Gasteiger partial charge is 0.309 e. The molecule has 0 radical (unpaired) electrons. The number of fused-ring (bicyclic) bond motifs is 7. The van der Waals surface area contributed by atoms with Crippen LogP contribution in [0.2, 0.25) is 0 Å². The van der Waals surface area contributed by atoms with E-state index in [0.717, 1.165) is 83.1 Å². The lowest BCUT2D eigenvalue weighted by atomic mass is 9.33. The van der Waals surface area contributed by atoms with Crippen LogP contribution in [0.25, 0.3) is 0 Å². The number of ether oxygens (including phenoxy) is 1. The molecular weight excluding hydrogens is 656 g/mol. The number of rotatable bonds is 10. The van der Waals surface area contributed by atoms with E-state index in [9.17, 15) is 29.7 Å². The zero-order chi connectivity index (χ0) is 38.2. The Bertz CT molecular complexity index is 1450. The van der Waals surface area contributed by atoms with Gasteiger partial charge in [-0.1, -0.05) is 54.0 Å². The van der Waals surface area contributed by atoms with Crippen LogP contribution in [0, 0.1) is 56.2 Å². The number of piperazine rings is 1. The second-order valence-corrected chi connectivity index (χ2v) is 20.4. The van der Waals surface area contributed by atoms with Gasteiger partial charge in [-0.15, -0.1) is 0 Å². The first-order valence-corrected chi connectivity index (χ1v) is 20.6. The van der Waals surface area contributed by atoms with Crippen molar-refractivity contribution in [1.29, 1.82) is 0 Å². The number of hydrogen-bond acceptors (Lipinski definition) is 8. The molecule has 0 amide bonds. The molecule has 9 nitrogen and oxygen atoms in total.